The van der Waals surface area contributed by atoms with Gasteiger partial charge in [-0.05, 0) is 11.5 Å². The van der Waals surface area contributed by atoms with E-state index in [0.717, 1.165) is 11.3 Å². The normalized spacial score (nSPS) is 12.8. The zero-order valence-electron chi connectivity index (χ0n) is 12.4. The molecular formula is C16H23N3O. The zero-order valence-corrected chi connectivity index (χ0v) is 12.4. The smallest absolute Gasteiger partial charge is 0.0694 e. The Morgan fingerprint density at radius 2 is 1.95 bits per heavy atom. The predicted octanol–water partition coefficient (Wildman–Crippen LogP) is 2.37. The molecule has 0 amide bonds. The van der Waals surface area contributed by atoms with Crippen LogP contribution in [0.5, 0.6) is 0 Å². The van der Waals surface area contributed by atoms with E-state index in [1.807, 2.05) is 48.3 Å². The molecule has 1 aromatic heterocycles. The molecule has 0 unspecified atom stereocenters. The van der Waals surface area contributed by atoms with Crippen molar-refractivity contribution in [2.24, 2.45) is 7.05 Å². The van der Waals surface area contributed by atoms with Crippen molar-refractivity contribution in [1.82, 2.24) is 15.1 Å². The quantitative estimate of drug-likeness (QED) is 0.849. The monoisotopic (exact) mass is 273 g/mol. The Morgan fingerprint density at radius 1 is 1.25 bits per heavy atom. The molecule has 2 aromatic rings. The molecule has 1 aromatic carbocycles. The third-order valence-electron chi connectivity index (χ3n) is 3.41. The Bertz CT molecular complexity index is 534. The summed E-state index contributed by atoms with van der Waals surface area (Å²) in [6.07, 6.45) is 2.04. The van der Waals surface area contributed by atoms with Crippen molar-refractivity contribution < 1.29 is 5.11 Å². The van der Waals surface area contributed by atoms with Gasteiger partial charge in [-0.3, -0.25) is 4.68 Å². The van der Waals surface area contributed by atoms with E-state index in [4.69, 9.17) is 0 Å². The molecule has 4 nitrogen and oxygen atoms in total. The van der Waals surface area contributed by atoms with E-state index in [9.17, 15) is 5.11 Å². The fourth-order valence-corrected chi connectivity index (χ4v) is 2.38. The number of hydrogen-bond donors (Lipinski definition) is 2. The lowest BCUT2D eigenvalue weighted by Gasteiger charge is -2.17. The molecule has 2 N–H and O–H groups in total. The third-order valence-corrected chi connectivity index (χ3v) is 3.41. The maximum atomic E-state index is 9.56. The standard InChI is InChI=1S/C16H23N3O/c1-12(2)16-14(10-19(3)18-16)9-17-15(11-20)13-7-5-4-6-8-13/h4-8,10,12,15,17,20H,9,11H2,1-3H3/t15-/m1/s1. The summed E-state index contributed by atoms with van der Waals surface area (Å²) >= 11 is 0. The van der Waals surface area contributed by atoms with Crippen LogP contribution in [-0.4, -0.2) is 21.5 Å². The SMILES string of the molecule is CC(C)c1nn(C)cc1CN[C@H](CO)c1ccccc1. The molecule has 1 atom stereocenters. The van der Waals surface area contributed by atoms with Gasteiger partial charge in [0.25, 0.3) is 0 Å². The lowest BCUT2D eigenvalue weighted by Crippen LogP contribution is -2.24. The minimum absolute atomic E-state index is 0.0450. The second kappa shape index (κ2) is 6.68. The Labute approximate surface area is 120 Å². The van der Waals surface area contributed by atoms with Gasteiger partial charge in [0.2, 0.25) is 0 Å². The third kappa shape index (κ3) is 3.46. The van der Waals surface area contributed by atoms with Crippen LogP contribution >= 0.6 is 0 Å². The summed E-state index contributed by atoms with van der Waals surface area (Å²) in [5.74, 6) is 0.400. The first-order valence-electron chi connectivity index (χ1n) is 7.03. The first-order valence-corrected chi connectivity index (χ1v) is 7.03. The van der Waals surface area contributed by atoms with E-state index in [-0.39, 0.29) is 12.6 Å². The molecule has 0 bridgehead atoms. The van der Waals surface area contributed by atoms with E-state index in [0.29, 0.717) is 12.5 Å². The van der Waals surface area contributed by atoms with Crippen LogP contribution in [0.2, 0.25) is 0 Å². The minimum atomic E-state index is -0.0450. The van der Waals surface area contributed by atoms with Crippen LogP contribution in [0.15, 0.2) is 36.5 Å². The molecule has 0 radical (unpaired) electrons. The fraction of sp³-hybridized carbons (Fsp3) is 0.438. The van der Waals surface area contributed by atoms with Gasteiger partial charge in [-0.15, -0.1) is 0 Å². The van der Waals surface area contributed by atoms with Crippen molar-refractivity contribution in [1.29, 1.82) is 0 Å². The molecule has 0 saturated carbocycles. The summed E-state index contributed by atoms with van der Waals surface area (Å²) < 4.78 is 1.85. The summed E-state index contributed by atoms with van der Waals surface area (Å²) in [5, 5.41) is 17.5. The van der Waals surface area contributed by atoms with E-state index in [1.54, 1.807) is 0 Å². The molecule has 2 rings (SSSR count). The molecule has 4 heteroatoms. The first-order chi connectivity index (χ1) is 9.61. The van der Waals surface area contributed by atoms with Gasteiger partial charge in [0, 0.05) is 25.4 Å². The topological polar surface area (TPSA) is 50.1 Å². The maximum absolute atomic E-state index is 9.56. The average Bonchev–Trinajstić information content (AvgIpc) is 2.82. The number of aromatic nitrogens is 2. The fourth-order valence-electron chi connectivity index (χ4n) is 2.38. The number of nitrogens with one attached hydrogen (secondary N) is 1. The largest absolute Gasteiger partial charge is 0.394 e. The first kappa shape index (κ1) is 14.8. The Morgan fingerprint density at radius 3 is 2.55 bits per heavy atom. The lowest BCUT2D eigenvalue weighted by atomic mass is 10.0. The molecule has 0 aliphatic carbocycles. The number of nitrogens with zero attached hydrogens (tertiary/aromatic N) is 2. The average molecular weight is 273 g/mol. The van der Waals surface area contributed by atoms with Gasteiger partial charge in [-0.2, -0.15) is 5.10 Å². The van der Waals surface area contributed by atoms with Gasteiger partial charge >= 0.3 is 0 Å². The molecule has 108 valence electrons. The van der Waals surface area contributed by atoms with Crippen LogP contribution in [0.4, 0.5) is 0 Å². The van der Waals surface area contributed by atoms with Crippen molar-refractivity contribution in [2.45, 2.75) is 32.4 Å². The highest BCUT2D eigenvalue weighted by atomic mass is 16.3. The molecule has 0 aliphatic heterocycles. The van der Waals surface area contributed by atoms with E-state index < -0.39 is 0 Å². The molecule has 0 aliphatic rings. The highest BCUT2D eigenvalue weighted by molar-refractivity contribution is 5.22. The van der Waals surface area contributed by atoms with Crippen LogP contribution < -0.4 is 5.32 Å². The van der Waals surface area contributed by atoms with Gasteiger partial charge in [-0.1, -0.05) is 44.2 Å². The molecule has 1 heterocycles. The van der Waals surface area contributed by atoms with Gasteiger partial charge in [-0.25, -0.2) is 0 Å². The molecule has 0 fully saturated rings. The summed E-state index contributed by atoms with van der Waals surface area (Å²) in [7, 11) is 1.94. The highest BCUT2D eigenvalue weighted by Crippen LogP contribution is 2.19. The van der Waals surface area contributed by atoms with E-state index in [1.165, 1.54) is 5.56 Å². The predicted molar refractivity (Wildman–Crippen MR) is 80.4 cm³/mol. The summed E-state index contributed by atoms with van der Waals surface area (Å²) in [6, 6.07) is 9.97. The Hall–Kier alpha value is -1.65. The van der Waals surface area contributed by atoms with Crippen LogP contribution in [0.25, 0.3) is 0 Å². The van der Waals surface area contributed by atoms with Crippen molar-refractivity contribution >= 4 is 0 Å². The van der Waals surface area contributed by atoms with Crippen LogP contribution in [0.1, 0.15) is 42.6 Å². The highest BCUT2D eigenvalue weighted by Gasteiger charge is 2.14. The van der Waals surface area contributed by atoms with Crippen molar-refractivity contribution in [2.75, 3.05) is 6.61 Å². The van der Waals surface area contributed by atoms with Crippen molar-refractivity contribution in [3.8, 4) is 0 Å². The summed E-state index contributed by atoms with van der Waals surface area (Å²) in [6.45, 7) is 5.09. The van der Waals surface area contributed by atoms with Gasteiger partial charge in [0.15, 0.2) is 0 Å². The van der Waals surface area contributed by atoms with E-state index >= 15 is 0 Å². The Balaban J connectivity index is 2.07. The number of hydrogen-bond acceptors (Lipinski definition) is 3. The second-order valence-corrected chi connectivity index (χ2v) is 5.39. The summed E-state index contributed by atoms with van der Waals surface area (Å²) in [5.41, 5.74) is 3.41. The number of aryl methyl sites for hydroxylation is 1. The zero-order chi connectivity index (χ0) is 14.5. The molecule has 20 heavy (non-hydrogen) atoms. The number of rotatable bonds is 6. The van der Waals surface area contributed by atoms with Gasteiger partial charge < -0.3 is 10.4 Å². The molecular weight excluding hydrogens is 250 g/mol. The lowest BCUT2D eigenvalue weighted by molar-refractivity contribution is 0.243. The van der Waals surface area contributed by atoms with Crippen molar-refractivity contribution in [3.05, 3.63) is 53.3 Å². The van der Waals surface area contributed by atoms with Gasteiger partial charge in [0.1, 0.15) is 0 Å². The van der Waals surface area contributed by atoms with E-state index in [2.05, 4.69) is 24.3 Å². The molecule has 0 saturated heterocycles. The maximum Gasteiger partial charge on any atom is 0.0694 e. The van der Waals surface area contributed by atoms with Gasteiger partial charge in [0.05, 0.1) is 18.3 Å². The van der Waals surface area contributed by atoms with Crippen LogP contribution in [-0.2, 0) is 13.6 Å². The number of benzene rings is 1. The second-order valence-electron chi connectivity index (χ2n) is 5.39. The Kier molecular flexibility index (Phi) is 4.93. The van der Waals surface area contributed by atoms with Crippen molar-refractivity contribution in [3.63, 3.8) is 0 Å². The summed E-state index contributed by atoms with van der Waals surface area (Å²) in [4.78, 5) is 0. The number of aliphatic hydroxyl groups excluding tert-OH is 1. The number of aliphatic hydroxyl groups is 1. The molecule has 0 spiro atoms. The van der Waals surface area contributed by atoms with Crippen LogP contribution in [0, 0.1) is 0 Å². The van der Waals surface area contributed by atoms with Crippen LogP contribution in [0.3, 0.4) is 0 Å². The minimum Gasteiger partial charge on any atom is -0.394 e.